The van der Waals surface area contributed by atoms with E-state index in [1.807, 2.05) is 27.2 Å². The number of nitrogens with zero attached hydrogens (tertiary/aromatic N) is 1. The van der Waals surface area contributed by atoms with Gasteiger partial charge in [0.25, 0.3) is 0 Å². The van der Waals surface area contributed by atoms with Gasteiger partial charge < -0.3 is 19.8 Å². The van der Waals surface area contributed by atoms with Crippen molar-refractivity contribution >= 4 is 13.7 Å². The Morgan fingerprint density at radius 1 is 0.810 bits per heavy atom. The molecule has 0 heterocycles. The van der Waals surface area contributed by atoms with E-state index in [9.17, 15) is 19.4 Å². The summed E-state index contributed by atoms with van der Waals surface area (Å²) in [6, 6.07) is -0.865. The normalized spacial score (nSPS) is 15.7. The van der Waals surface area contributed by atoms with Crippen LogP contribution < -0.4 is 5.32 Å². The first-order valence-electron chi connectivity index (χ1n) is 16.0. The smallest absolute Gasteiger partial charge is 0.387 e. The molecule has 9 heteroatoms. The van der Waals surface area contributed by atoms with Gasteiger partial charge in [-0.2, -0.15) is 0 Å². The van der Waals surface area contributed by atoms with Gasteiger partial charge in [-0.25, -0.2) is 4.57 Å². The monoisotopic (exact) mass is 613 g/mol. The third kappa shape index (κ3) is 27.3. The van der Waals surface area contributed by atoms with Gasteiger partial charge >= 0.3 is 7.82 Å². The Labute approximate surface area is 257 Å². The number of aliphatic hydroxyl groups excluding tert-OH is 1. The zero-order valence-corrected chi connectivity index (χ0v) is 28.1. The summed E-state index contributed by atoms with van der Waals surface area (Å²) in [6.07, 6.45) is 29.1. The summed E-state index contributed by atoms with van der Waals surface area (Å²) in [5.74, 6) is -0.212. The first-order chi connectivity index (χ1) is 20.0. The van der Waals surface area contributed by atoms with Gasteiger partial charge in [-0.3, -0.25) is 13.8 Å². The van der Waals surface area contributed by atoms with Crippen LogP contribution >= 0.6 is 7.82 Å². The van der Waals surface area contributed by atoms with Crippen molar-refractivity contribution in [1.82, 2.24) is 5.32 Å². The van der Waals surface area contributed by atoms with Crippen molar-refractivity contribution in [2.75, 3.05) is 40.9 Å². The highest BCUT2D eigenvalue weighted by Crippen LogP contribution is 2.43. The van der Waals surface area contributed by atoms with Gasteiger partial charge in [-0.15, -0.1) is 0 Å². The fourth-order valence-electron chi connectivity index (χ4n) is 3.86. The lowest BCUT2D eigenvalue weighted by Gasteiger charge is -2.25. The highest BCUT2D eigenvalue weighted by atomic mass is 31.2. The summed E-state index contributed by atoms with van der Waals surface area (Å²) < 4.78 is 23.2. The molecule has 0 fully saturated rings. The van der Waals surface area contributed by atoms with Crippen LogP contribution in [-0.2, 0) is 18.4 Å². The average Bonchev–Trinajstić information content (AvgIpc) is 2.92. The second-order valence-electron chi connectivity index (χ2n) is 11.8. The molecule has 0 bridgehead atoms. The Kier molecular flexibility index (Phi) is 25.0. The molecule has 0 aliphatic carbocycles. The van der Waals surface area contributed by atoms with E-state index < -0.39 is 20.0 Å². The van der Waals surface area contributed by atoms with Crippen molar-refractivity contribution in [3.8, 4) is 0 Å². The molecule has 0 saturated heterocycles. The van der Waals surface area contributed by atoms with Crippen LogP contribution in [0.5, 0.6) is 0 Å². The molecule has 0 aromatic carbocycles. The summed E-state index contributed by atoms with van der Waals surface area (Å²) in [4.78, 5) is 22.8. The van der Waals surface area contributed by atoms with E-state index in [2.05, 4.69) is 55.6 Å². The first kappa shape index (κ1) is 40.5. The summed E-state index contributed by atoms with van der Waals surface area (Å²) >= 11 is 0. The SMILES string of the molecule is CCC/C=C\C/C=C\CCCCCCCC(=O)NC(COP(=O)(O)OCC[N+](C)(C)C)C(O)/C=C/CC/C=C/CCC. The number of phosphoric acid groups is 1. The van der Waals surface area contributed by atoms with Crippen LogP contribution in [0.15, 0.2) is 48.6 Å². The Morgan fingerprint density at radius 2 is 1.38 bits per heavy atom. The molecule has 0 aliphatic rings. The Hall–Kier alpha value is -1.54. The molecule has 0 spiro atoms. The van der Waals surface area contributed by atoms with E-state index in [4.69, 9.17) is 9.05 Å². The predicted molar refractivity (Wildman–Crippen MR) is 175 cm³/mol. The number of likely N-dealkylation sites (N-methyl/N-ethyl adjacent to an activating group) is 1. The molecule has 0 aromatic heterocycles. The number of aliphatic hydroxyl groups is 1. The third-order valence-electron chi connectivity index (χ3n) is 6.48. The topological polar surface area (TPSA) is 105 Å². The van der Waals surface area contributed by atoms with Crippen LogP contribution in [0.3, 0.4) is 0 Å². The molecule has 42 heavy (non-hydrogen) atoms. The van der Waals surface area contributed by atoms with Crippen molar-refractivity contribution in [3.63, 3.8) is 0 Å². The minimum absolute atomic E-state index is 0.0506. The van der Waals surface area contributed by atoms with E-state index in [0.29, 0.717) is 17.4 Å². The molecule has 1 amide bonds. The number of rotatable bonds is 27. The Bertz CT molecular complexity index is 835. The van der Waals surface area contributed by atoms with E-state index in [1.54, 1.807) is 6.08 Å². The molecule has 0 rings (SSSR count). The second kappa shape index (κ2) is 25.9. The number of hydrogen-bond acceptors (Lipinski definition) is 5. The molecule has 0 radical (unpaired) electrons. The maximum atomic E-state index is 12.7. The number of nitrogens with one attached hydrogen (secondary N) is 1. The number of hydrogen-bond donors (Lipinski definition) is 3. The molecule has 0 aromatic rings. The van der Waals surface area contributed by atoms with E-state index in [0.717, 1.165) is 77.0 Å². The van der Waals surface area contributed by atoms with Crippen LogP contribution in [0.2, 0.25) is 0 Å². The van der Waals surface area contributed by atoms with Crippen LogP contribution in [-0.4, -0.2) is 73.4 Å². The molecule has 0 aliphatic heterocycles. The van der Waals surface area contributed by atoms with Crippen molar-refractivity contribution in [1.29, 1.82) is 0 Å². The average molecular weight is 614 g/mol. The molecule has 0 saturated carbocycles. The lowest BCUT2D eigenvalue weighted by atomic mass is 10.1. The lowest BCUT2D eigenvalue weighted by molar-refractivity contribution is -0.870. The van der Waals surface area contributed by atoms with Crippen molar-refractivity contribution in [2.45, 2.75) is 116 Å². The maximum Gasteiger partial charge on any atom is 0.472 e. The quantitative estimate of drug-likeness (QED) is 0.0386. The fraction of sp³-hybridized carbons (Fsp3) is 0.727. The lowest BCUT2D eigenvalue weighted by Crippen LogP contribution is -2.45. The van der Waals surface area contributed by atoms with Crippen LogP contribution in [0.25, 0.3) is 0 Å². The van der Waals surface area contributed by atoms with Crippen LogP contribution in [0, 0.1) is 0 Å². The Morgan fingerprint density at radius 3 is 2.05 bits per heavy atom. The minimum atomic E-state index is -4.33. The third-order valence-corrected chi connectivity index (χ3v) is 7.47. The van der Waals surface area contributed by atoms with Gasteiger partial charge in [-0.1, -0.05) is 94.6 Å². The number of quaternary nitrogens is 1. The molecular weight excluding hydrogens is 551 g/mol. The van der Waals surface area contributed by atoms with Crippen LogP contribution in [0.1, 0.15) is 104 Å². The molecular formula is C33H62N2O6P+. The van der Waals surface area contributed by atoms with Crippen molar-refractivity contribution in [3.05, 3.63) is 48.6 Å². The molecule has 3 unspecified atom stereocenters. The van der Waals surface area contributed by atoms with Crippen LogP contribution in [0.4, 0.5) is 0 Å². The molecule has 244 valence electrons. The number of phosphoric ester groups is 1. The highest BCUT2D eigenvalue weighted by Gasteiger charge is 2.27. The zero-order valence-electron chi connectivity index (χ0n) is 27.2. The number of amides is 1. The number of carbonyl (C=O) groups excluding carboxylic acids is 1. The summed E-state index contributed by atoms with van der Waals surface area (Å²) in [5, 5.41) is 13.5. The molecule has 8 nitrogen and oxygen atoms in total. The fourth-order valence-corrected chi connectivity index (χ4v) is 4.60. The van der Waals surface area contributed by atoms with E-state index >= 15 is 0 Å². The second-order valence-corrected chi connectivity index (χ2v) is 13.3. The van der Waals surface area contributed by atoms with Gasteiger partial charge in [0.05, 0.1) is 39.9 Å². The van der Waals surface area contributed by atoms with Gasteiger partial charge in [0.2, 0.25) is 5.91 Å². The summed E-state index contributed by atoms with van der Waals surface area (Å²) in [7, 11) is 1.53. The summed E-state index contributed by atoms with van der Waals surface area (Å²) in [5.41, 5.74) is 0. The summed E-state index contributed by atoms with van der Waals surface area (Å²) in [6.45, 7) is 4.55. The number of carbonyl (C=O) groups is 1. The van der Waals surface area contributed by atoms with Gasteiger partial charge in [0, 0.05) is 6.42 Å². The minimum Gasteiger partial charge on any atom is -0.387 e. The Balaban J connectivity index is 4.63. The number of unbranched alkanes of at least 4 members (excludes halogenated alkanes) is 8. The number of allylic oxidation sites excluding steroid dienone is 7. The van der Waals surface area contributed by atoms with Gasteiger partial charge in [-0.05, 0) is 51.4 Å². The zero-order chi connectivity index (χ0) is 31.5. The van der Waals surface area contributed by atoms with Gasteiger partial charge in [0.15, 0.2) is 0 Å². The van der Waals surface area contributed by atoms with Crippen molar-refractivity contribution in [2.24, 2.45) is 0 Å². The first-order valence-corrected chi connectivity index (χ1v) is 17.5. The maximum absolute atomic E-state index is 12.7. The standard InChI is InChI=1S/C33H61N2O6P/c1-6-8-10-12-14-15-16-17-18-19-21-23-25-27-33(37)34-31(32(36)26-24-22-20-13-11-9-7-2)30-41-42(38,39)40-29-28-35(3,4)5/h10-13,15-16,24,26,31-32,36H,6-9,14,17-23,25,27-30H2,1-5H3,(H-,34,37,38,39)/p+1/b12-10-,13-11+,16-15-,26-24+. The largest absolute Gasteiger partial charge is 0.472 e. The molecule has 3 N–H and O–H groups in total. The van der Waals surface area contributed by atoms with E-state index in [1.165, 1.54) is 6.42 Å². The van der Waals surface area contributed by atoms with Crippen molar-refractivity contribution < 1.29 is 32.9 Å². The van der Waals surface area contributed by atoms with E-state index in [-0.39, 0.29) is 19.1 Å². The highest BCUT2D eigenvalue weighted by molar-refractivity contribution is 7.47. The molecule has 3 atom stereocenters. The predicted octanol–water partition coefficient (Wildman–Crippen LogP) is 7.40. The van der Waals surface area contributed by atoms with Gasteiger partial charge in [0.1, 0.15) is 13.2 Å².